The molecule has 1 fully saturated rings. The minimum Gasteiger partial charge on any atom is -0.355 e. The van der Waals surface area contributed by atoms with Crippen molar-refractivity contribution in [2.75, 3.05) is 6.54 Å². The minimum atomic E-state index is -0.716. The van der Waals surface area contributed by atoms with Crippen molar-refractivity contribution < 1.29 is 4.79 Å². The van der Waals surface area contributed by atoms with Gasteiger partial charge < -0.3 is 5.32 Å². The number of carbonyl (C=O) groups excluding carboxylic acids is 1. The van der Waals surface area contributed by atoms with Crippen LogP contribution in [0.1, 0.15) is 38.5 Å². The van der Waals surface area contributed by atoms with Gasteiger partial charge in [-0.25, -0.2) is 0 Å². The summed E-state index contributed by atoms with van der Waals surface area (Å²) in [5, 5.41) is 11.7. The van der Waals surface area contributed by atoms with Crippen LogP contribution >= 0.6 is 0 Å². The summed E-state index contributed by atoms with van der Waals surface area (Å²) in [7, 11) is 0. The molecule has 1 aliphatic rings. The van der Waals surface area contributed by atoms with Crippen molar-refractivity contribution in [3.05, 3.63) is 0 Å². The molecule has 3 nitrogen and oxygen atoms in total. The average Bonchev–Trinajstić information content (AvgIpc) is 2.17. The van der Waals surface area contributed by atoms with E-state index in [1.54, 1.807) is 0 Å². The highest BCUT2D eigenvalue weighted by Gasteiger charge is 2.44. The molecular formula is C12H16N2O. The van der Waals surface area contributed by atoms with Gasteiger partial charge in [0.25, 0.3) is 0 Å². The first kappa shape index (κ1) is 11.6. The van der Waals surface area contributed by atoms with Crippen molar-refractivity contribution >= 4 is 5.91 Å². The van der Waals surface area contributed by atoms with Crippen molar-refractivity contribution in [1.29, 1.82) is 5.26 Å². The number of hydrogen-bond acceptors (Lipinski definition) is 2. The Morgan fingerprint density at radius 1 is 1.47 bits per heavy atom. The van der Waals surface area contributed by atoms with Gasteiger partial charge in [-0.3, -0.25) is 4.79 Å². The van der Waals surface area contributed by atoms with Crippen molar-refractivity contribution in [2.45, 2.75) is 38.5 Å². The molecule has 0 aromatic rings. The molecule has 1 saturated carbocycles. The number of unbranched alkanes of at least 4 members (excludes halogenated alkanes) is 2. The number of terminal acetylenes is 1. The second kappa shape index (κ2) is 5.41. The summed E-state index contributed by atoms with van der Waals surface area (Å²) in [5.74, 6) is 2.45. The van der Waals surface area contributed by atoms with E-state index in [-0.39, 0.29) is 5.91 Å². The average molecular weight is 204 g/mol. The predicted octanol–water partition coefficient (Wildman–Crippen LogP) is 1.60. The molecule has 0 aliphatic heterocycles. The predicted molar refractivity (Wildman–Crippen MR) is 57.6 cm³/mol. The van der Waals surface area contributed by atoms with Crippen LogP contribution in [0.15, 0.2) is 0 Å². The standard InChI is InChI=1S/C12H16N2O/c1-2-3-4-5-9-14-11(15)12(10-13)7-6-8-12/h1H,3-9H2,(H,14,15). The maximum atomic E-state index is 11.6. The van der Waals surface area contributed by atoms with E-state index in [4.69, 9.17) is 11.7 Å². The van der Waals surface area contributed by atoms with E-state index in [1.807, 2.05) is 0 Å². The van der Waals surface area contributed by atoms with Crippen molar-refractivity contribution in [2.24, 2.45) is 5.41 Å². The third kappa shape index (κ3) is 2.73. The molecule has 0 radical (unpaired) electrons. The molecule has 0 unspecified atom stereocenters. The largest absolute Gasteiger partial charge is 0.355 e. The van der Waals surface area contributed by atoms with Gasteiger partial charge in [-0.15, -0.1) is 12.3 Å². The minimum absolute atomic E-state index is 0.100. The van der Waals surface area contributed by atoms with Crippen LogP contribution in [-0.4, -0.2) is 12.5 Å². The Morgan fingerprint density at radius 3 is 2.67 bits per heavy atom. The first-order valence-electron chi connectivity index (χ1n) is 5.38. The fourth-order valence-corrected chi connectivity index (χ4v) is 1.64. The third-order valence-corrected chi connectivity index (χ3v) is 2.89. The zero-order valence-electron chi connectivity index (χ0n) is 8.88. The summed E-state index contributed by atoms with van der Waals surface area (Å²) in [6.07, 6.45) is 10.1. The zero-order valence-corrected chi connectivity index (χ0v) is 8.88. The Balaban J connectivity index is 2.19. The Labute approximate surface area is 90.9 Å². The van der Waals surface area contributed by atoms with Crippen molar-refractivity contribution in [3.63, 3.8) is 0 Å². The number of nitriles is 1. The van der Waals surface area contributed by atoms with E-state index < -0.39 is 5.41 Å². The van der Waals surface area contributed by atoms with Gasteiger partial charge in [0, 0.05) is 13.0 Å². The van der Waals surface area contributed by atoms with Gasteiger partial charge in [-0.2, -0.15) is 5.26 Å². The fourth-order valence-electron chi connectivity index (χ4n) is 1.64. The number of nitrogens with one attached hydrogen (secondary N) is 1. The summed E-state index contributed by atoms with van der Waals surface area (Å²) < 4.78 is 0. The van der Waals surface area contributed by atoms with E-state index in [2.05, 4.69) is 17.3 Å². The number of hydrogen-bond donors (Lipinski definition) is 1. The van der Waals surface area contributed by atoms with Gasteiger partial charge in [0.05, 0.1) is 6.07 Å². The van der Waals surface area contributed by atoms with Gasteiger partial charge in [-0.05, 0) is 32.1 Å². The van der Waals surface area contributed by atoms with Crippen LogP contribution in [-0.2, 0) is 4.79 Å². The fraction of sp³-hybridized carbons (Fsp3) is 0.667. The van der Waals surface area contributed by atoms with E-state index in [1.165, 1.54) is 0 Å². The summed E-state index contributed by atoms with van der Waals surface area (Å²) in [4.78, 5) is 11.6. The molecule has 0 atom stereocenters. The van der Waals surface area contributed by atoms with Crippen molar-refractivity contribution in [1.82, 2.24) is 5.32 Å². The molecule has 0 spiro atoms. The summed E-state index contributed by atoms with van der Waals surface area (Å²) >= 11 is 0. The Morgan fingerprint density at radius 2 is 2.20 bits per heavy atom. The van der Waals surface area contributed by atoms with Gasteiger partial charge in [0.2, 0.25) is 5.91 Å². The molecule has 0 saturated heterocycles. The first-order chi connectivity index (χ1) is 7.25. The monoisotopic (exact) mass is 204 g/mol. The lowest BCUT2D eigenvalue weighted by Gasteiger charge is -2.33. The smallest absolute Gasteiger partial charge is 0.240 e. The highest BCUT2D eigenvalue weighted by Crippen LogP contribution is 2.40. The van der Waals surface area contributed by atoms with Crippen molar-refractivity contribution in [3.8, 4) is 18.4 Å². The van der Waals surface area contributed by atoms with E-state index in [9.17, 15) is 4.79 Å². The van der Waals surface area contributed by atoms with Crippen LogP contribution < -0.4 is 5.32 Å². The van der Waals surface area contributed by atoms with Crippen LogP contribution in [0.5, 0.6) is 0 Å². The molecule has 15 heavy (non-hydrogen) atoms. The van der Waals surface area contributed by atoms with Gasteiger partial charge in [0.1, 0.15) is 5.41 Å². The molecule has 1 aliphatic carbocycles. The Kier molecular flexibility index (Phi) is 4.18. The maximum Gasteiger partial charge on any atom is 0.240 e. The van der Waals surface area contributed by atoms with E-state index >= 15 is 0 Å². The van der Waals surface area contributed by atoms with Crippen LogP contribution in [0.3, 0.4) is 0 Å². The van der Waals surface area contributed by atoms with Gasteiger partial charge in [0.15, 0.2) is 0 Å². The second-order valence-electron chi connectivity index (χ2n) is 3.96. The van der Waals surface area contributed by atoms with E-state index in [0.717, 1.165) is 25.7 Å². The molecule has 0 bridgehead atoms. The van der Waals surface area contributed by atoms with Gasteiger partial charge in [-0.1, -0.05) is 0 Å². The lowest BCUT2D eigenvalue weighted by molar-refractivity contribution is -0.131. The normalized spacial score (nSPS) is 16.9. The summed E-state index contributed by atoms with van der Waals surface area (Å²) in [6, 6.07) is 2.12. The van der Waals surface area contributed by atoms with E-state index in [0.29, 0.717) is 19.4 Å². The van der Waals surface area contributed by atoms with Gasteiger partial charge >= 0.3 is 0 Å². The third-order valence-electron chi connectivity index (χ3n) is 2.89. The highest BCUT2D eigenvalue weighted by atomic mass is 16.2. The molecule has 80 valence electrons. The molecular weight excluding hydrogens is 188 g/mol. The first-order valence-corrected chi connectivity index (χ1v) is 5.38. The second-order valence-corrected chi connectivity index (χ2v) is 3.96. The molecule has 1 amide bonds. The molecule has 1 rings (SSSR count). The summed E-state index contributed by atoms with van der Waals surface area (Å²) in [5.41, 5.74) is -0.716. The lowest BCUT2D eigenvalue weighted by Crippen LogP contribution is -2.44. The Bertz CT molecular complexity index is 305. The number of nitrogens with zero attached hydrogens (tertiary/aromatic N) is 1. The topological polar surface area (TPSA) is 52.9 Å². The molecule has 0 heterocycles. The Hall–Kier alpha value is -1.48. The highest BCUT2D eigenvalue weighted by molar-refractivity contribution is 5.86. The molecule has 3 heteroatoms. The number of rotatable bonds is 5. The number of amides is 1. The molecule has 0 aromatic carbocycles. The van der Waals surface area contributed by atoms with Crippen LogP contribution in [0, 0.1) is 29.1 Å². The molecule has 1 N–H and O–H groups in total. The SMILES string of the molecule is C#CCCCCNC(=O)C1(C#N)CCC1. The van der Waals surface area contributed by atoms with Crippen LogP contribution in [0.4, 0.5) is 0 Å². The zero-order chi connectivity index (χ0) is 11.1. The number of carbonyl (C=O) groups is 1. The summed E-state index contributed by atoms with van der Waals surface area (Å²) in [6.45, 7) is 0.629. The lowest BCUT2D eigenvalue weighted by atomic mass is 9.69. The van der Waals surface area contributed by atoms with Crippen LogP contribution in [0.25, 0.3) is 0 Å². The molecule has 0 aromatic heterocycles. The van der Waals surface area contributed by atoms with Crippen LogP contribution in [0.2, 0.25) is 0 Å². The quantitative estimate of drug-likeness (QED) is 0.546. The maximum absolute atomic E-state index is 11.6.